The molecule has 1 aromatic heterocycles. The van der Waals surface area contributed by atoms with Crippen LogP contribution in [-0.4, -0.2) is 5.97 Å². The van der Waals surface area contributed by atoms with Crippen LogP contribution in [0.25, 0.3) is 0 Å². The van der Waals surface area contributed by atoms with Gasteiger partial charge in [-0.3, -0.25) is 4.79 Å². The Hall–Kier alpha value is -1.81. The zero-order chi connectivity index (χ0) is 13.7. The lowest BCUT2D eigenvalue weighted by Gasteiger charge is -2.11. The zero-order valence-electron chi connectivity index (χ0n) is 10.8. The van der Waals surface area contributed by atoms with Crippen LogP contribution in [-0.2, 0) is 16.1 Å². The molecule has 2 aromatic rings. The molecule has 1 aromatic carbocycles. The Morgan fingerprint density at radius 1 is 1.32 bits per heavy atom. The molecule has 1 unspecified atom stereocenters. The van der Waals surface area contributed by atoms with E-state index in [4.69, 9.17) is 10.5 Å². The van der Waals surface area contributed by atoms with Gasteiger partial charge in [0.1, 0.15) is 6.61 Å². The summed E-state index contributed by atoms with van der Waals surface area (Å²) in [6.07, 6.45) is 0.384. The zero-order valence-corrected chi connectivity index (χ0v) is 11.7. The summed E-state index contributed by atoms with van der Waals surface area (Å²) in [5, 5.41) is 1.97. The minimum atomic E-state index is -0.169. The summed E-state index contributed by atoms with van der Waals surface area (Å²) in [6.45, 7) is 2.38. The maximum Gasteiger partial charge on any atom is 0.306 e. The van der Waals surface area contributed by atoms with Crippen molar-refractivity contribution in [3.05, 3.63) is 52.2 Å². The van der Waals surface area contributed by atoms with Crippen LogP contribution in [0.1, 0.15) is 29.7 Å². The highest BCUT2D eigenvalue weighted by molar-refractivity contribution is 7.09. The molecule has 2 rings (SSSR count). The Bertz CT molecular complexity index is 520. The van der Waals surface area contributed by atoms with Crippen molar-refractivity contribution < 1.29 is 9.53 Å². The average Bonchev–Trinajstić information content (AvgIpc) is 2.90. The maximum absolute atomic E-state index is 11.7. The topological polar surface area (TPSA) is 52.3 Å². The number of esters is 1. The average molecular weight is 275 g/mol. The number of thiophene rings is 1. The highest BCUT2D eigenvalue weighted by Gasteiger charge is 2.12. The predicted octanol–water partition coefficient (Wildman–Crippen LogP) is 3.57. The number of carbonyl (C=O) groups excluding carboxylic acids is 1. The first-order valence-electron chi connectivity index (χ1n) is 6.18. The van der Waals surface area contributed by atoms with Crippen molar-refractivity contribution in [1.29, 1.82) is 0 Å². The smallest absolute Gasteiger partial charge is 0.306 e. The van der Waals surface area contributed by atoms with Gasteiger partial charge in [0.25, 0.3) is 0 Å². The molecule has 0 aliphatic rings. The van der Waals surface area contributed by atoms with Crippen molar-refractivity contribution in [2.75, 3.05) is 5.73 Å². The summed E-state index contributed by atoms with van der Waals surface area (Å²) in [4.78, 5) is 12.8. The van der Waals surface area contributed by atoms with Crippen molar-refractivity contribution >= 4 is 23.0 Å². The molecule has 0 aliphatic carbocycles. The van der Waals surface area contributed by atoms with Gasteiger partial charge in [0, 0.05) is 10.6 Å². The molecule has 100 valence electrons. The Morgan fingerprint density at radius 2 is 2.05 bits per heavy atom. The third kappa shape index (κ3) is 4.10. The predicted molar refractivity (Wildman–Crippen MR) is 78.0 cm³/mol. The number of carbonyl (C=O) groups is 1. The monoisotopic (exact) mass is 275 g/mol. The van der Waals surface area contributed by atoms with E-state index in [1.165, 1.54) is 0 Å². The number of nitrogens with two attached hydrogens (primary N) is 1. The van der Waals surface area contributed by atoms with E-state index in [1.807, 2.05) is 48.7 Å². The van der Waals surface area contributed by atoms with Crippen LogP contribution in [0.5, 0.6) is 0 Å². The van der Waals surface area contributed by atoms with Crippen molar-refractivity contribution in [1.82, 2.24) is 0 Å². The highest BCUT2D eigenvalue weighted by Crippen LogP contribution is 2.21. The number of hydrogen-bond acceptors (Lipinski definition) is 4. The number of hydrogen-bond donors (Lipinski definition) is 1. The second-order valence-corrected chi connectivity index (χ2v) is 5.54. The third-order valence-corrected chi connectivity index (χ3v) is 3.78. The SMILES string of the molecule is CC(CC(=O)OCc1cccs1)c1ccc(N)cc1. The summed E-state index contributed by atoms with van der Waals surface area (Å²) in [5.74, 6) is -0.0332. The fraction of sp³-hybridized carbons (Fsp3) is 0.267. The summed E-state index contributed by atoms with van der Waals surface area (Å²) >= 11 is 1.59. The number of benzene rings is 1. The van der Waals surface area contributed by atoms with Crippen molar-refractivity contribution in [3.8, 4) is 0 Å². The van der Waals surface area contributed by atoms with Gasteiger partial charge in [-0.25, -0.2) is 0 Å². The lowest BCUT2D eigenvalue weighted by molar-refractivity contribution is -0.145. The Morgan fingerprint density at radius 3 is 2.68 bits per heavy atom. The van der Waals surface area contributed by atoms with E-state index in [2.05, 4.69) is 0 Å². The van der Waals surface area contributed by atoms with Gasteiger partial charge < -0.3 is 10.5 Å². The van der Waals surface area contributed by atoms with Gasteiger partial charge in [-0.2, -0.15) is 0 Å². The molecule has 1 atom stereocenters. The van der Waals surface area contributed by atoms with Gasteiger partial charge >= 0.3 is 5.97 Å². The standard InChI is InChI=1S/C15H17NO2S/c1-11(12-4-6-13(16)7-5-12)9-15(17)18-10-14-3-2-8-19-14/h2-8,11H,9-10,16H2,1H3. The largest absolute Gasteiger partial charge is 0.460 e. The number of anilines is 1. The van der Waals surface area contributed by atoms with Gasteiger partial charge in [-0.15, -0.1) is 11.3 Å². The van der Waals surface area contributed by atoms with Crippen LogP contribution in [0.2, 0.25) is 0 Å². The molecule has 0 aliphatic heterocycles. The molecule has 3 nitrogen and oxygen atoms in total. The van der Waals surface area contributed by atoms with E-state index in [0.717, 1.165) is 16.1 Å². The van der Waals surface area contributed by atoms with E-state index in [9.17, 15) is 4.79 Å². The van der Waals surface area contributed by atoms with E-state index in [0.29, 0.717) is 13.0 Å². The molecule has 0 saturated carbocycles. The lowest BCUT2D eigenvalue weighted by atomic mass is 9.98. The molecule has 0 saturated heterocycles. The first kappa shape index (κ1) is 13.6. The Balaban J connectivity index is 1.83. The van der Waals surface area contributed by atoms with Gasteiger partial charge in [-0.1, -0.05) is 25.1 Å². The number of nitrogen functional groups attached to an aromatic ring is 1. The Kier molecular flexibility index (Phi) is 4.58. The van der Waals surface area contributed by atoms with Gasteiger partial charge in [0.15, 0.2) is 0 Å². The van der Waals surface area contributed by atoms with E-state index < -0.39 is 0 Å². The molecule has 4 heteroatoms. The molecule has 0 amide bonds. The van der Waals surface area contributed by atoms with Crippen molar-refractivity contribution in [2.24, 2.45) is 0 Å². The molecule has 0 radical (unpaired) electrons. The van der Waals surface area contributed by atoms with Crippen LogP contribution in [0, 0.1) is 0 Å². The molecule has 1 heterocycles. The van der Waals surface area contributed by atoms with Crippen LogP contribution < -0.4 is 5.73 Å². The molecule has 2 N–H and O–H groups in total. The van der Waals surface area contributed by atoms with Gasteiger partial charge in [-0.05, 0) is 35.1 Å². The van der Waals surface area contributed by atoms with Crippen molar-refractivity contribution in [3.63, 3.8) is 0 Å². The first-order chi connectivity index (χ1) is 9.15. The molecule has 0 spiro atoms. The third-order valence-electron chi connectivity index (χ3n) is 2.93. The van der Waals surface area contributed by atoms with E-state index in [-0.39, 0.29) is 11.9 Å². The second kappa shape index (κ2) is 6.38. The first-order valence-corrected chi connectivity index (χ1v) is 7.06. The second-order valence-electron chi connectivity index (χ2n) is 4.51. The molecule has 19 heavy (non-hydrogen) atoms. The summed E-state index contributed by atoms with van der Waals surface area (Å²) in [6, 6.07) is 11.5. The summed E-state index contributed by atoms with van der Waals surface area (Å²) < 4.78 is 5.25. The quantitative estimate of drug-likeness (QED) is 0.670. The lowest BCUT2D eigenvalue weighted by Crippen LogP contribution is -2.08. The fourth-order valence-corrected chi connectivity index (χ4v) is 2.41. The van der Waals surface area contributed by atoms with E-state index in [1.54, 1.807) is 11.3 Å². The van der Waals surface area contributed by atoms with Crippen LogP contribution in [0.15, 0.2) is 41.8 Å². The molecular weight excluding hydrogens is 258 g/mol. The normalized spacial score (nSPS) is 12.1. The molecule has 0 bridgehead atoms. The van der Waals surface area contributed by atoms with E-state index >= 15 is 0 Å². The number of ether oxygens (including phenoxy) is 1. The van der Waals surface area contributed by atoms with Crippen LogP contribution in [0.3, 0.4) is 0 Å². The Labute approximate surface area is 117 Å². The van der Waals surface area contributed by atoms with Gasteiger partial charge in [0.05, 0.1) is 6.42 Å². The minimum absolute atomic E-state index is 0.136. The maximum atomic E-state index is 11.7. The highest BCUT2D eigenvalue weighted by atomic mass is 32.1. The van der Waals surface area contributed by atoms with Crippen LogP contribution in [0.4, 0.5) is 5.69 Å². The molecule has 0 fully saturated rings. The minimum Gasteiger partial charge on any atom is -0.460 e. The fourth-order valence-electron chi connectivity index (χ4n) is 1.80. The summed E-state index contributed by atoms with van der Waals surface area (Å²) in [7, 11) is 0. The molecular formula is C15H17NO2S. The van der Waals surface area contributed by atoms with Crippen molar-refractivity contribution in [2.45, 2.75) is 25.9 Å². The van der Waals surface area contributed by atoms with Crippen LogP contribution >= 0.6 is 11.3 Å². The number of rotatable bonds is 5. The van der Waals surface area contributed by atoms with Gasteiger partial charge in [0.2, 0.25) is 0 Å². The summed E-state index contributed by atoms with van der Waals surface area (Å²) in [5.41, 5.74) is 7.47.